The Bertz CT molecular complexity index is 451. The minimum absolute atomic E-state index is 0.114. The number of aryl methyl sites for hydroxylation is 2. The lowest BCUT2D eigenvalue weighted by molar-refractivity contribution is 0.166. The van der Waals surface area contributed by atoms with Crippen molar-refractivity contribution in [1.82, 2.24) is 9.78 Å². The molecule has 1 N–H and O–H groups in total. The van der Waals surface area contributed by atoms with Crippen LogP contribution in [0.3, 0.4) is 0 Å². The Balaban J connectivity index is 2.53. The average molecular weight is 246 g/mol. The zero-order valence-electron chi connectivity index (χ0n) is 9.84. The summed E-state index contributed by atoms with van der Waals surface area (Å²) in [5, 5.41) is 14.0. The van der Waals surface area contributed by atoms with Gasteiger partial charge in [0.25, 0.3) is 0 Å². The molecule has 1 rings (SSSR count). The monoisotopic (exact) mass is 246 g/mol. The number of nitrogens with zero attached hydrogens (tertiary/aromatic N) is 2. The highest BCUT2D eigenvalue weighted by atomic mass is 32.2. The second-order valence-corrected chi connectivity index (χ2v) is 6.39. The Labute approximate surface area is 96.0 Å². The number of hydrogen-bond donors (Lipinski definition) is 1. The first kappa shape index (κ1) is 13.2. The van der Waals surface area contributed by atoms with Crippen molar-refractivity contribution in [3.05, 3.63) is 17.5 Å². The number of aliphatic hydroxyl groups is 1. The fraction of sp³-hybridized carbons (Fsp3) is 0.700. The molecule has 1 atom stereocenters. The maximum Gasteiger partial charge on any atom is 0.147 e. The summed E-state index contributed by atoms with van der Waals surface area (Å²) in [5.74, 6) is 0.114. The van der Waals surface area contributed by atoms with E-state index in [0.29, 0.717) is 12.8 Å². The van der Waals surface area contributed by atoms with E-state index < -0.39 is 15.9 Å². The van der Waals surface area contributed by atoms with Crippen LogP contribution in [-0.2, 0) is 16.9 Å². The van der Waals surface area contributed by atoms with Gasteiger partial charge in [-0.05, 0) is 19.8 Å². The van der Waals surface area contributed by atoms with Gasteiger partial charge in [-0.1, -0.05) is 0 Å². The third-order valence-electron chi connectivity index (χ3n) is 2.40. The smallest absolute Gasteiger partial charge is 0.147 e. The molecule has 0 aliphatic carbocycles. The zero-order chi connectivity index (χ0) is 12.3. The van der Waals surface area contributed by atoms with E-state index in [1.807, 2.05) is 6.92 Å². The molecule has 1 aromatic rings. The number of sulfone groups is 1. The first-order valence-electron chi connectivity index (χ1n) is 5.15. The van der Waals surface area contributed by atoms with Crippen LogP contribution >= 0.6 is 0 Å². The van der Waals surface area contributed by atoms with Crippen molar-refractivity contribution in [3.8, 4) is 0 Å². The lowest BCUT2D eigenvalue weighted by Gasteiger charge is -2.08. The molecule has 0 spiro atoms. The highest BCUT2D eigenvalue weighted by Crippen LogP contribution is 2.20. The third kappa shape index (κ3) is 3.94. The van der Waals surface area contributed by atoms with E-state index in [4.69, 9.17) is 0 Å². The minimum atomic E-state index is -2.94. The maximum atomic E-state index is 10.9. The number of aromatic nitrogens is 2. The van der Waals surface area contributed by atoms with Crippen LogP contribution in [0.15, 0.2) is 6.20 Å². The standard InChI is InChI=1S/C10H18N2O3S/c1-8-9(7-12(2)11-8)10(13)5-4-6-16(3,14)15/h7,10,13H,4-6H2,1-3H3. The molecule has 0 saturated heterocycles. The van der Waals surface area contributed by atoms with Gasteiger partial charge in [0.05, 0.1) is 11.8 Å². The highest BCUT2D eigenvalue weighted by molar-refractivity contribution is 7.90. The normalized spacial score (nSPS) is 14.0. The molecule has 6 heteroatoms. The molecule has 0 aliphatic heterocycles. The quantitative estimate of drug-likeness (QED) is 0.825. The highest BCUT2D eigenvalue weighted by Gasteiger charge is 2.14. The van der Waals surface area contributed by atoms with Gasteiger partial charge in [-0.15, -0.1) is 0 Å². The summed E-state index contributed by atoms with van der Waals surface area (Å²) in [6.07, 6.45) is 3.25. The largest absolute Gasteiger partial charge is 0.388 e. The Morgan fingerprint density at radius 3 is 2.62 bits per heavy atom. The van der Waals surface area contributed by atoms with Gasteiger partial charge in [-0.25, -0.2) is 8.42 Å². The van der Waals surface area contributed by atoms with Gasteiger partial charge >= 0.3 is 0 Å². The first-order valence-corrected chi connectivity index (χ1v) is 7.21. The van der Waals surface area contributed by atoms with Crippen molar-refractivity contribution in [3.63, 3.8) is 0 Å². The first-order chi connectivity index (χ1) is 7.29. The lowest BCUT2D eigenvalue weighted by atomic mass is 10.1. The van der Waals surface area contributed by atoms with Crippen LogP contribution in [0.4, 0.5) is 0 Å². The Kier molecular flexibility index (Phi) is 4.09. The molecular weight excluding hydrogens is 228 g/mol. The summed E-state index contributed by atoms with van der Waals surface area (Å²) in [6, 6.07) is 0. The molecule has 0 bridgehead atoms. The summed E-state index contributed by atoms with van der Waals surface area (Å²) in [6.45, 7) is 1.83. The Morgan fingerprint density at radius 2 is 2.19 bits per heavy atom. The van der Waals surface area contributed by atoms with Crippen LogP contribution in [0, 0.1) is 6.92 Å². The van der Waals surface area contributed by atoms with E-state index >= 15 is 0 Å². The lowest BCUT2D eigenvalue weighted by Crippen LogP contribution is -2.06. The van der Waals surface area contributed by atoms with Crippen LogP contribution in [0.2, 0.25) is 0 Å². The molecule has 0 saturated carbocycles. The van der Waals surface area contributed by atoms with Crippen molar-refractivity contribution in [2.45, 2.75) is 25.9 Å². The molecule has 1 unspecified atom stereocenters. The van der Waals surface area contributed by atoms with Gasteiger partial charge in [-0.2, -0.15) is 5.10 Å². The van der Waals surface area contributed by atoms with Crippen LogP contribution in [-0.4, -0.2) is 35.3 Å². The van der Waals surface area contributed by atoms with E-state index in [-0.39, 0.29) is 5.75 Å². The van der Waals surface area contributed by atoms with Crippen LogP contribution < -0.4 is 0 Å². The topological polar surface area (TPSA) is 72.2 Å². The second-order valence-electron chi connectivity index (χ2n) is 4.13. The van der Waals surface area contributed by atoms with Crippen molar-refractivity contribution in [2.24, 2.45) is 7.05 Å². The van der Waals surface area contributed by atoms with E-state index in [1.165, 1.54) is 6.26 Å². The fourth-order valence-electron chi connectivity index (χ4n) is 1.64. The number of aliphatic hydroxyl groups excluding tert-OH is 1. The van der Waals surface area contributed by atoms with Gasteiger partial charge in [0.15, 0.2) is 0 Å². The molecule has 16 heavy (non-hydrogen) atoms. The van der Waals surface area contributed by atoms with Crippen LogP contribution in [0.25, 0.3) is 0 Å². The maximum absolute atomic E-state index is 10.9. The molecular formula is C10H18N2O3S. The zero-order valence-corrected chi connectivity index (χ0v) is 10.7. The third-order valence-corrected chi connectivity index (χ3v) is 3.43. The van der Waals surface area contributed by atoms with Gasteiger partial charge in [0, 0.05) is 30.8 Å². The molecule has 0 aliphatic rings. The molecule has 1 heterocycles. The number of hydrogen-bond acceptors (Lipinski definition) is 4. The van der Waals surface area contributed by atoms with Crippen LogP contribution in [0.5, 0.6) is 0 Å². The van der Waals surface area contributed by atoms with Crippen molar-refractivity contribution in [1.29, 1.82) is 0 Å². The van der Waals surface area contributed by atoms with Crippen molar-refractivity contribution < 1.29 is 13.5 Å². The summed E-state index contributed by atoms with van der Waals surface area (Å²) in [5.41, 5.74) is 1.56. The molecule has 5 nitrogen and oxygen atoms in total. The Hall–Kier alpha value is -0.880. The number of rotatable bonds is 5. The molecule has 0 radical (unpaired) electrons. The summed E-state index contributed by atoms with van der Waals surface area (Å²) >= 11 is 0. The summed E-state index contributed by atoms with van der Waals surface area (Å²) in [7, 11) is -1.15. The predicted molar refractivity (Wildman–Crippen MR) is 61.8 cm³/mol. The fourth-order valence-corrected chi connectivity index (χ4v) is 2.33. The van der Waals surface area contributed by atoms with E-state index in [1.54, 1.807) is 17.9 Å². The minimum Gasteiger partial charge on any atom is -0.388 e. The van der Waals surface area contributed by atoms with E-state index in [9.17, 15) is 13.5 Å². The average Bonchev–Trinajstić information content (AvgIpc) is 2.43. The van der Waals surface area contributed by atoms with Gasteiger partial charge < -0.3 is 5.11 Å². The SMILES string of the molecule is Cc1nn(C)cc1C(O)CCCS(C)(=O)=O. The molecule has 92 valence electrons. The molecule has 1 aromatic heterocycles. The van der Waals surface area contributed by atoms with Crippen LogP contribution in [0.1, 0.15) is 30.2 Å². The Morgan fingerprint density at radius 1 is 1.56 bits per heavy atom. The summed E-state index contributed by atoms with van der Waals surface area (Å²) in [4.78, 5) is 0. The predicted octanol–water partition coefficient (Wildman–Crippen LogP) is 0.587. The molecule has 0 fully saturated rings. The second kappa shape index (κ2) is 4.97. The molecule has 0 amide bonds. The van der Waals surface area contributed by atoms with Gasteiger partial charge in [-0.3, -0.25) is 4.68 Å². The van der Waals surface area contributed by atoms with Gasteiger partial charge in [0.2, 0.25) is 0 Å². The van der Waals surface area contributed by atoms with E-state index in [2.05, 4.69) is 5.10 Å². The molecule has 0 aromatic carbocycles. The van der Waals surface area contributed by atoms with Gasteiger partial charge in [0.1, 0.15) is 9.84 Å². The van der Waals surface area contributed by atoms with E-state index in [0.717, 1.165) is 11.3 Å². The summed E-state index contributed by atoms with van der Waals surface area (Å²) < 4.78 is 23.5. The van der Waals surface area contributed by atoms with Crippen molar-refractivity contribution in [2.75, 3.05) is 12.0 Å². The van der Waals surface area contributed by atoms with Crippen molar-refractivity contribution >= 4 is 9.84 Å².